The van der Waals surface area contributed by atoms with Gasteiger partial charge in [-0.25, -0.2) is 9.97 Å². The lowest BCUT2D eigenvalue weighted by Gasteiger charge is -2.17. The van der Waals surface area contributed by atoms with Crippen LogP contribution in [0.1, 0.15) is 38.2 Å². The van der Waals surface area contributed by atoms with Crippen LogP contribution in [-0.4, -0.2) is 26.0 Å². The molecular formula is C14H16N4O. The van der Waals surface area contributed by atoms with E-state index in [2.05, 4.69) is 15.1 Å². The highest BCUT2D eigenvalue weighted by Crippen LogP contribution is 2.43. The molecule has 5 nitrogen and oxygen atoms in total. The van der Waals surface area contributed by atoms with Crippen molar-refractivity contribution < 1.29 is 4.79 Å². The highest BCUT2D eigenvalue weighted by Gasteiger charge is 2.32. The number of hydrogen-bond donors (Lipinski definition) is 0. The molecule has 0 aliphatic heterocycles. The van der Waals surface area contributed by atoms with Crippen molar-refractivity contribution in [3.05, 3.63) is 30.2 Å². The van der Waals surface area contributed by atoms with E-state index in [9.17, 15) is 4.79 Å². The minimum Gasteiger partial charge on any atom is -0.301 e. The molecule has 0 spiro atoms. The largest absolute Gasteiger partial charge is 0.301 e. The molecule has 19 heavy (non-hydrogen) atoms. The maximum atomic E-state index is 11.2. The van der Waals surface area contributed by atoms with Gasteiger partial charge in [-0.3, -0.25) is 4.68 Å². The van der Waals surface area contributed by atoms with Crippen LogP contribution in [0.4, 0.5) is 0 Å². The Morgan fingerprint density at radius 3 is 2.58 bits per heavy atom. The molecule has 0 N–H and O–H groups in total. The third-order valence-electron chi connectivity index (χ3n) is 3.42. The summed E-state index contributed by atoms with van der Waals surface area (Å²) in [7, 11) is 0. The van der Waals surface area contributed by atoms with E-state index in [0.717, 1.165) is 17.5 Å². The maximum Gasteiger partial charge on any atom is 0.180 e. The first-order valence-electron chi connectivity index (χ1n) is 6.45. The second-order valence-corrected chi connectivity index (χ2v) is 5.50. The fourth-order valence-corrected chi connectivity index (χ4v) is 2.02. The predicted molar refractivity (Wildman–Crippen MR) is 70.6 cm³/mol. The first-order valence-corrected chi connectivity index (χ1v) is 6.45. The third kappa shape index (κ3) is 2.16. The second kappa shape index (κ2) is 4.26. The highest BCUT2D eigenvalue weighted by atomic mass is 16.1. The van der Waals surface area contributed by atoms with Gasteiger partial charge in [0.15, 0.2) is 5.82 Å². The van der Waals surface area contributed by atoms with Gasteiger partial charge >= 0.3 is 0 Å². The lowest BCUT2D eigenvalue weighted by molar-refractivity contribution is -0.114. The molecule has 1 aliphatic rings. The summed E-state index contributed by atoms with van der Waals surface area (Å²) in [4.78, 5) is 19.7. The van der Waals surface area contributed by atoms with Crippen LogP contribution in [0.25, 0.3) is 11.5 Å². The Morgan fingerprint density at radius 1 is 1.32 bits per heavy atom. The van der Waals surface area contributed by atoms with Gasteiger partial charge in [0.2, 0.25) is 0 Å². The van der Waals surface area contributed by atoms with Gasteiger partial charge in [0.05, 0.1) is 0 Å². The number of rotatable bonds is 4. The monoisotopic (exact) mass is 256 g/mol. The standard InChI is InChI=1S/C14H16N4O/c1-14(2,9-19)18-8-11(10-4-5-10)12(17-18)13-15-6-3-7-16-13/h3,6-10H,4-5H2,1-2H3. The lowest BCUT2D eigenvalue weighted by atomic mass is 10.1. The number of nitrogens with zero attached hydrogens (tertiary/aromatic N) is 4. The minimum atomic E-state index is -0.642. The van der Waals surface area contributed by atoms with E-state index in [-0.39, 0.29) is 0 Å². The smallest absolute Gasteiger partial charge is 0.180 e. The lowest BCUT2D eigenvalue weighted by Crippen LogP contribution is -2.28. The molecule has 2 heterocycles. The molecule has 0 atom stereocenters. The van der Waals surface area contributed by atoms with Gasteiger partial charge in [-0.1, -0.05) is 0 Å². The summed E-state index contributed by atoms with van der Waals surface area (Å²) >= 11 is 0. The molecular weight excluding hydrogens is 240 g/mol. The van der Waals surface area contributed by atoms with Gasteiger partial charge in [0.1, 0.15) is 17.5 Å². The second-order valence-electron chi connectivity index (χ2n) is 5.50. The topological polar surface area (TPSA) is 60.7 Å². The van der Waals surface area contributed by atoms with Crippen molar-refractivity contribution in [2.75, 3.05) is 0 Å². The molecule has 2 aromatic heterocycles. The molecule has 0 amide bonds. The van der Waals surface area contributed by atoms with E-state index >= 15 is 0 Å². The predicted octanol–water partition coefficient (Wildman–Crippen LogP) is 2.15. The van der Waals surface area contributed by atoms with Crippen LogP contribution in [0, 0.1) is 0 Å². The zero-order valence-electron chi connectivity index (χ0n) is 11.1. The first kappa shape index (κ1) is 12.0. The molecule has 1 fully saturated rings. The molecule has 1 aliphatic carbocycles. The number of carbonyl (C=O) groups excluding carboxylic acids is 1. The number of hydrogen-bond acceptors (Lipinski definition) is 4. The summed E-state index contributed by atoms with van der Waals surface area (Å²) in [6, 6.07) is 1.78. The van der Waals surface area contributed by atoms with Crippen LogP contribution in [0.2, 0.25) is 0 Å². The number of aldehydes is 1. The van der Waals surface area contributed by atoms with Crippen molar-refractivity contribution in [3.63, 3.8) is 0 Å². The first-order chi connectivity index (χ1) is 9.12. The van der Waals surface area contributed by atoms with Crippen LogP contribution in [0.5, 0.6) is 0 Å². The van der Waals surface area contributed by atoms with Crippen LogP contribution in [0.15, 0.2) is 24.7 Å². The normalized spacial score (nSPS) is 15.5. The number of carbonyl (C=O) groups is 1. The third-order valence-corrected chi connectivity index (χ3v) is 3.42. The Balaban J connectivity index is 2.10. The zero-order chi connectivity index (χ0) is 13.5. The minimum absolute atomic E-state index is 0.537. The summed E-state index contributed by atoms with van der Waals surface area (Å²) in [6.07, 6.45) is 8.65. The zero-order valence-corrected chi connectivity index (χ0v) is 11.1. The van der Waals surface area contributed by atoms with Crippen LogP contribution in [0.3, 0.4) is 0 Å². The molecule has 2 aromatic rings. The van der Waals surface area contributed by atoms with Crippen molar-refractivity contribution in [2.24, 2.45) is 0 Å². The van der Waals surface area contributed by atoms with Crippen molar-refractivity contribution in [1.29, 1.82) is 0 Å². The molecule has 5 heteroatoms. The van der Waals surface area contributed by atoms with Gasteiger partial charge in [-0.05, 0) is 38.7 Å². The quantitative estimate of drug-likeness (QED) is 0.786. The average Bonchev–Trinajstić information content (AvgIpc) is 3.18. The van der Waals surface area contributed by atoms with Gasteiger partial charge in [-0.15, -0.1) is 0 Å². The Kier molecular flexibility index (Phi) is 2.69. The van der Waals surface area contributed by atoms with Crippen molar-refractivity contribution in [3.8, 4) is 11.5 Å². The van der Waals surface area contributed by atoms with Gasteiger partial charge in [-0.2, -0.15) is 5.10 Å². The van der Waals surface area contributed by atoms with E-state index in [0.29, 0.717) is 11.7 Å². The number of aromatic nitrogens is 4. The summed E-state index contributed by atoms with van der Waals surface area (Å²) in [6.45, 7) is 3.69. The van der Waals surface area contributed by atoms with E-state index < -0.39 is 5.54 Å². The van der Waals surface area contributed by atoms with Crippen LogP contribution in [-0.2, 0) is 10.3 Å². The molecule has 0 unspecified atom stereocenters. The van der Waals surface area contributed by atoms with Crippen molar-refractivity contribution in [2.45, 2.75) is 38.1 Å². The Bertz CT molecular complexity index is 599. The average molecular weight is 256 g/mol. The van der Waals surface area contributed by atoms with Crippen molar-refractivity contribution >= 4 is 6.29 Å². The highest BCUT2D eigenvalue weighted by molar-refractivity contribution is 5.62. The fourth-order valence-electron chi connectivity index (χ4n) is 2.02. The van der Waals surface area contributed by atoms with E-state index in [1.165, 1.54) is 12.8 Å². The maximum absolute atomic E-state index is 11.2. The van der Waals surface area contributed by atoms with E-state index in [1.807, 2.05) is 20.0 Å². The van der Waals surface area contributed by atoms with Gasteiger partial charge in [0, 0.05) is 24.2 Å². The molecule has 0 radical (unpaired) electrons. The summed E-state index contributed by atoms with van der Waals surface area (Å²) < 4.78 is 1.72. The Labute approximate surface area is 111 Å². The SMILES string of the molecule is CC(C)(C=O)n1cc(C2CC2)c(-c2ncccn2)n1. The molecule has 0 aromatic carbocycles. The molecule has 1 saturated carbocycles. The van der Waals surface area contributed by atoms with Crippen LogP contribution < -0.4 is 0 Å². The fraction of sp³-hybridized carbons (Fsp3) is 0.429. The summed E-state index contributed by atoms with van der Waals surface area (Å²) in [5.74, 6) is 1.17. The Morgan fingerprint density at radius 2 is 2.00 bits per heavy atom. The van der Waals surface area contributed by atoms with Gasteiger partial charge in [0.25, 0.3) is 0 Å². The Hall–Kier alpha value is -2.04. The van der Waals surface area contributed by atoms with E-state index in [1.54, 1.807) is 23.1 Å². The molecule has 3 rings (SSSR count). The summed E-state index contributed by atoms with van der Waals surface area (Å²) in [5, 5.41) is 4.54. The van der Waals surface area contributed by atoms with E-state index in [4.69, 9.17) is 0 Å². The summed E-state index contributed by atoms with van der Waals surface area (Å²) in [5.41, 5.74) is 1.32. The van der Waals surface area contributed by atoms with Gasteiger partial charge < -0.3 is 4.79 Å². The molecule has 98 valence electrons. The van der Waals surface area contributed by atoms with Crippen LogP contribution >= 0.6 is 0 Å². The molecule has 0 bridgehead atoms. The molecule has 0 saturated heterocycles. The van der Waals surface area contributed by atoms with Crippen molar-refractivity contribution in [1.82, 2.24) is 19.7 Å².